The van der Waals surface area contributed by atoms with Gasteiger partial charge < -0.3 is 15.3 Å². The van der Waals surface area contributed by atoms with E-state index in [9.17, 15) is 9.18 Å². The number of hydrogen-bond donors (Lipinski definition) is 2. The molecule has 0 aromatic heterocycles. The summed E-state index contributed by atoms with van der Waals surface area (Å²) in [5.41, 5.74) is 0.236. The molecule has 0 unspecified atom stereocenters. The van der Waals surface area contributed by atoms with Gasteiger partial charge in [0.05, 0.1) is 0 Å². The zero-order chi connectivity index (χ0) is 14.0. The van der Waals surface area contributed by atoms with Crippen LogP contribution in [0.1, 0.15) is 29.6 Å². The third-order valence-electron chi connectivity index (χ3n) is 3.67. The van der Waals surface area contributed by atoms with Crippen molar-refractivity contribution in [2.45, 2.75) is 31.3 Å². The molecule has 1 aromatic rings. The Kier molecular flexibility index (Phi) is 4.04. The number of hydrogen-bond acceptors (Lipinski definition) is 3. The molecule has 1 aromatic carbocycles. The summed E-state index contributed by atoms with van der Waals surface area (Å²) >= 11 is 0. The van der Waals surface area contributed by atoms with Gasteiger partial charge >= 0.3 is 0 Å². The van der Waals surface area contributed by atoms with E-state index in [2.05, 4.69) is 10.2 Å². The van der Waals surface area contributed by atoms with Crippen molar-refractivity contribution in [3.05, 3.63) is 29.6 Å². The molecule has 0 radical (unpaired) electrons. The van der Waals surface area contributed by atoms with Gasteiger partial charge in [0.25, 0.3) is 5.91 Å². The Balaban J connectivity index is 2.06. The van der Waals surface area contributed by atoms with E-state index in [-0.39, 0.29) is 17.5 Å². The minimum absolute atomic E-state index is 0.0966. The van der Waals surface area contributed by atoms with Crippen LogP contribution in [0.4, 0.5) is 4.39 Å². The third-order valence-corrected chi connectivity index (χ3v) is 3.67. The molecule has 1 fully saturated rings. The number of phenolic OH excluding ortho intramolecular Hbond substituents is 1. The van der Waals surface area contributed by atoms with E-state index in [1.807, 2.05) is 14.1 Å². The summed E-state index contributed by atoms with van der Waals surface area (Å²) in [7, 11) is 3.99. The summed E-state index contributed by atoms with van der Waals surface area (Å²) in [5.74, 6) is -1.51. The van der Waals surface area contributed by atoms with E-state index in [0.717, 1.165) is 25.3 Å². The van der Waals surface area contributed by atoms with E-state index >= 15 is 0 Å². The average molecular weight is 266 g/mol. The zero-order valence-corrected chi connectivity index (χ0v) is 11.2. The lowest BCUT2D eigenvalue weighted by Gasteiger charge is -2.26. The number of aromatic hydroxyl groups is 1. The maximum Gasteiger partial charge on any atom is 0.251 e. The van der Waals surface area contributed by atoms with Gasteiger partial charge in [0.15, 0.2) is 11.6 Å². The van der Waals surface area contributed by atoms with Gasteiger partial charge in [0, 0.05) is 17.6 Å². The van der Waals surface area contributed by atoms with Gasteiger partial charge in [0.2, 0.25) is 0 Å². The van der Waals surface area contributed by atoms with Crippen LogP contribution in [0.2, 0.25) is 0 Å². The molecule has 0 aliphatic heterocycles. The first kappa shape index (κ1) is 13.8. The van der Waals surface area contributed by atoms with Crippen molar-refractivity contribution < 1.29 is 14.3 Å². The average Bonchev–Trinajstić information content (AvgIpc) is 2.80. The molecular weight excluding hydrogens is 247 g/mol. The number of halogens is 1. The van der Waals surface area contributed by atoms with Crippen LogP contribution in [0, 0.1) is 5.82 Å². The van der Waals surface area contributed by atoms with Crippen LogP contribution in [0.15, 0.2) is 18.2 Å². The lowest BCUT2D eigenvalue weighted by atomic mass is 10.1. The van der Waals surface area contributed by atoms with E-state index in [1.165, 1.54) is 12.1 Å². The number of phenols is 1. The molecule has 1 saturated carbocycles. The second kappa shape index (κ2) is 5.57. The van der Waals surface area contributed by atoms with E-state index in [1.54, 1.807) is 0 Å². The molecular formula is C14H19FN2O2. The van der Waals surface area contributed by atoms with Gasteiger partial charge in [0.1, 0.15) is 0 Å². The van der Waals surface area contributed by atoms with Gasteiger partial charge in [-0.05, 0) is 51.6 Å². The first-order valence-electron chi connectivity index (χ1n) is 6.45. The van der Waals surface area contributed by atoms with E-state index < -0.39 is 11.6 Å². The van der Waals surface area contributed by atoms with Gasteiger partial charge in [-0.15, -0.1) is 0 Å². The highest BCUT2D eigenvalue weighted by atomic mass is 19.1. The topological polar surface area (TPSA) is 52.6 Å². The van der Waals surface area contributed by atoms with Crippen molar-refractivity contribution >= 4 is 5.91 Å². The standard InChI is InChI=1S/C14H19FN2O2/c1-17(2)12-5-3-4-11(12)16-14(19)9-6-7-13(18)10(15)8-9/h6-8,11-12,18H,3-5H2,1-2H3,(H,16,19)/t11-,12-/m1/s1. The normalized spacial score (nSPS) is 22.7. The van der Waals surface area contributed by atoms with Crippen LogP contribution in [-0.4, -0.2) is 42.1 Å². The quantitative estimate of drug-likeness (QED) is 0.876. The van der Waals surface area contributed by atoms with Crippen molar-refractivity contribution in [2.75, 3.05) is 14.1 Å². The SMILES string of the molecule is CN(C)[C@@H]1CCC[C@H]1NC(=O)c1ccc(O)c(F)c1. The molecule has 0 saturated heterocycles. The molecule has 2 atom stereocenters. The first-order chi connectivity index (χ1) is 8.99. The van der Waals surface area contributed by atoms with Crippen molar-refractivity contribution in [3.63, 3.8) is 0 Å². The molecule has 0 bridgehead atoms. The van der Waals surface area contributed by atoms with E-state index in [4.69, 9.17) is 5.11 Å². The molecule has 19 heavy (non-hydrogen) atoms. The van der Waals surface area contributed by atoms with E-state index in [0.29, 0.717) is 6.04 Å². The summed E-state index contributed by atoms with van der Waals surface area (Å²) in [6.45, 7) is 0. The first-order valence-corrected chi connectivity index (χ1v) is 6.45. The molecule has 5 heteroatoms. The number of carbonyl (C=O) groups is 1. The Morgan fingerprint density at radius 1 is 1.42 bits per heavy atom. The number of rotatable bonds is 3. The molecule has 104 valence electrons. The Bertz CT molecular complexity index is 477. The van der Waals surface area contributed by atoms with Gasteiger partial charge in [-0.25, -0.2) is 4.39 Å². The summed E-state index contributed by atoms with van der Waals surface area (Å²) in [5, 5.41) is 12.1. The second-order valence-corrected chi connectivity index (χ2v) is 5.21. The van der Waals surface area contributed by atoms with Crippen LogP contribution in [-0.2, 0) is 0 Å². The highest BCUT2D eigenvalue weighted by Crippen LogP contribution is 2.23. The maximum atomic E-state index is 13.2. The fourth-order valence-corrected chi connectivity index (χ4v) is 2.63. The number of carbonyl (C=O) groups excluding carboxylic acids is 1. The fourth-order valence-electron chi connectivity index (χ4n) is 2.63. The Morgan fingerprint density at radius 3 is 2.79 bits per heavy atom. The van der Waals surface area contributed by atoms with Crippen LogP contribution in [0.3, 0.4) is 0 Å². The minimum atomic E-state index is -0.775. The van der Waals surface area contributed by atoms with Crippen LogP contribution >= 0.6 is 0 Å². The van der Waals surface area contributed by atoms with Crippen LogP contribution in [0.5, 0.6) is 5.75 Å². The molecule has 0 heterocycles. The highest BCUT2D eigenvalue weighted by Gasteiger charge is 2.30. The fraction of sp³-hybridized carbons (Fsp3) is 0.500. The van der Waals surface area contributed by atoms with Crippen LogP contribution in [0.25, 0.3) is 0 Å². The molecule has 1 aliphatic carbocycles. The second-order valence-electron chi connectivity index (χ2n) is 5.21. The lowest BCUT2D eigenvalue weighted by molar-refractivity contribution is 0.0918. The smallest absolute Gasteiger partial charge is 0.251 e. The number of benzene rings is 1. The molecule has 0 spiro atoms. The predicted molar refractivity (Wildman–Crippen MR) is 70.6 cm³/mol. The van der Waals surface area contributed by atoms with Crippen molar-refractivity contribution in [1.82, 2.24) is 10.2 Å². The number of likely N-dealkylation sites (N-methyl/N-ethyl adjacent to an activating group) is 1. The highest BCUT2D eigenvalue weighted by molar-refractivity contribution is 5.94. The molecule has 2 N–H and O–H groups in total. The Hall–Kier alpha value is -1.62. The summed E-state index contributed by atoms with van der Waals surface area (Å²) in [6.07, 6.45) is 3.08. The minimum Gasteiger partial charge on any atom is -0.505 e. The molecule has 1 amide bonds. The van der Waals surface area contributed by atoms with Gasteiger partial charge in [-0.3, -0.25) is 4.79 Å². The van der Waals surface area contributed by atoms with Gasteiger partial charge in [-0.2, -0.15) is 0 Å². The summed E-state index contributed by atoms with van der Waals surface area (Å²) < 4.78 is 13.2. The largest absolute Gasteiger partial charge is 0.505 e. The van der Waals surface area contributed by atoms with Crippen LogP contribution < -0.4 is 5.32 Å². The molecule has 1 aliphatic rings. The van der Waals surface area contributed by atoms with Crippen molar-refractivity contribution in [3.8, 4) is 5.75 Å². The van der Waals surface area contributed by atoms with Crippen molar-refractivity contribution in [2.24, 2.45) is 0 Å². The molecule has 2 rings (SSSR count). The molecule has 4 nitrogen and oxygen atoms in total. The Morgan fingerprint density at radius 2 is 2.16 bits per heavy atom. The summed E-state index contributed by atoms with van der Waals surface area (Å²) in [4.78, 5) is 14.2. The zero-order valence-electron chi connectivity index (χ0n) is 11.2. The monoisotopic (exact) mass is 266 g/mol. The van der Waals surface area contributed by atoms with Gasteiger partial charge in [-0.1, -0.05) is 0 Å². The predicted octanol–water partition coefficient (Wildman–Crippen LogP) is 1.74. The number of nitrogens with zero attached hydrogens (tertiary/aromatic N) is 1. The number of amides is 1. The third kappa shape index (κ3) is 3.04. The van der Waals surface area contributed by atoms with Crippen molar-refractivity contribution in [1.29, 1.82) is 0 Å². The number of nitrogens with one attached hydrogen (secondary N) is 1. The summed E-state index contributed by atoms with van der Waals surface area (Å²) in [6, 6.07) is 4.10. The maximum absolute atomic E-state index is 13.2. The lowest BCUT2D eigenvalue weighted by Crippen LogP contribution is -2.46. The Labute approximate surface area is 112 Å².